The predicted molar refractivity (Wildman–Crippen MR) is 88.5 cm³/mol. The number of amides is 2. The Labute approximate surface area is 138 Å². The summed E-state index contributed by atoms with van der Waals surface area (Å²) in [6.45, 7) is 1.79. The number of halogens is 1. The minimum absolute atomic E-state index is 0.246. The number of aliphatic hydroxyl groups excluding tert-OH is 1. The van der Waals surface area contributed by atoms with Crippen LogP contribution in [0.4, 0.5) is 14.9 Å². The molecule has 3 N–H and O–H groups in total. The van der Waals surface area contributed by atoms with Crippen molar-refractivity contribution in [2.45, 2.75) is 25.5 Å². The van der Waals surface area contributed by atoms with Gasteiger partial charge in [0.25, 0.3) is 0 Å². The van der Waals surface area contributed by atoms with Gasteiger partial charge in [0.15, 0.2) is 0 Å². The lowest BCUT2D eigenvalue weighted by atomic mass is 10.1. The number of carbonyl (C=O) groups excluding carboxylic acids is 1. The van der Waals surface area contributed by atoms with Crippen LogP contribution >= 0.6 is 11.3 Å². The Bertz CT molecular complexity index is 649. The van der Waals surface area contributed by atoms with Crippen molar-refractivity contribution in [2.75, 3.05) is 12.4 Å². The van der Waals surface area contributed by atoms with Gasteiger partial charge in [0.2, 0.25) is 0 Å². The smallest absolute Gasteiger partial charge is 0.319 e. The summed E-state index contributed by atoms with van der Waals surface area (Å²) >= 11 is 1.46. The maximum Gasteiger partial charge on any atom is 0.319 e. The van der Waals surface area contributed by atoms with E-state index in [0.717, 1.165) is 4.88 Å². The number of hydrogen-bond donors (Lipinski definition) is 3. The van der Waals surface area contributed by atoms with Crippen molar-refractivity contribution in [3.8, 4) is 5.75 Å². The van der Waals surface area contributed by atoms with Crippen LogP contribution in [-0.2, 0) is 0 Å². The van der Waals surface area contributed by atoms with Crippen LogP contribution in [0.5, 0.6) is 5.75 Å². The third-order valence-electron chi connectivity index (χ3n) is 3.24. The SMILES string of the molecule is COc1ccc(F)cc1NC(=O)NC(C)CC(O)c1cccs1. The van der Waals surface area contributed by atoms with E-state index in [-0.39, 0.29) is 11.7 Å². The zero-order chi connectivity index (χ0) is 16.8. The van der Waals surface area contributed by atoms with Crippen LogP contribution < -0.4 is 15.4 Å². The van der Waals surface area contributed by atoms with Crippen LogP contribution in [0.1, 0.15) is 24.3 Å². The Morgan fingerprint density at radius 1 is 1.43 bits per heavy atom. The van der Waals surface area contributed by atoms with Gasteiger partial charge in [-0.15, -0.1) is 11.3 Å². The molecule has 0 aliphatic carbocycles. The van der Waals surface area contributed by atoms with Gasteiger partial charge in [0, 0.05) is 17.0 Å². The number of carbonyl (C=O) groups is 1. The van der Waals surface area contributed by atoms with E-state index in [1.54, 1.807) is 6.92 Å². The molecular weight excluding hydrogens is 319 g/mol. The van der Waals surface area contributed by atoms with Crippen LogP contribution in [0.3, 0.4) is 0 Å². The van der Waals surface area contributed by atoms with Crippen LogP contribution in [-0.4, -0.2) is 24.3 Å². The summed E-state index contributed by atoms with van der Waals surface area (Å²) in [5.41, 5.74) is 0.246. The number of aliphatic hydroxyl groups is 1. The number of rotatable bonds is 6. The lowest BCUT2D eigenvalue weighted by molar-refractivity contribution is 0.158. The molecule has 23 heavy (non-hydrogen) atoms. The van der Waals surface area contributed by atoms with Crippen LogP contribution in [0.2, 0.25) is 0 Å². The average Bonchev–Trinajstić information content (AvgIpc) is 3.01. The first-order valence-corrected chi connectivity index (χ1v) is 8.00. The number of ether oxygens (including phenoxy) is 1. The van der Waals surface area contributed by atoms with Gasteiger partial charge in [-0.1, -0.05) is 6.07 Å². The molecule has 0 saturated carbocycles. The quantitative estimate of drug-likeness (QED) is 0.754. The molecule has 0 aliphatic heterocycles. The molecule has 0 fully saturated rings. The highest BCUT2D eigenvalue weighted by Crippen LogP contribution is 2.25. The normalized spacial score (nSPS) is 13.2. The molecule has 1 aromatic carbocycles. The molecular formula is C16H19FN2O3S. The summed E-state index contributed by atoms with van der Waals surface area (Å²) in [4.78, 5) is 12.8. The van der Waals surface area contributed by atoms with Crippen molar-refractivity contribution in [1.82, 2.24) is 5.32 Å². The fourth-order valence-corrected chi connectivity index (χ4v) is 2.88. The summed E-state index contributed by atoms with van der Waals surface area (Å²) in [7, 11) is 1.44. The highest BCUT2D eigenvalue weighted by atomic mass is 32.1. The maximum absolute atomic E-state index is 13.3. The first kappa shape index (κ1) is 17.2. The Hall–Kier alpha value is -2.12. The number of benzene rings is 1. The number of urea groups is 1. The fraction of sp³-hybridized carbons (Fsp3) is 0.312. The average molecular weight is 338 g/mol. The highest BCUT2D eigenvalue weighted by molar-refractivity contribution is 7.10. The lowest BCUT2D eigenvalue weighted by Gasteiger charge is -2.18. The summed E-state index contributed by atoms with van der Waals surface area (Å²) in [6.07, 6.45) is -0.247. The van der Waals surface area contributed by atoms with Crippen molar-refractivity contribution in [2.24, 2.45) is 0 Å². The molecule has 124 valence electrons. The first-order chi connectivity index (χ1) is 11.0. The molecule has 0 spiro atoms. The zero-order valence-electron chi connectivity index (χ0n) is 12.9. The molecule has 2 unspecified atom stereocenters. The van der Waals surface area contributed by atoms with E-state index in [2.05, 4.69) is 10.6 Å². The summed E-state index contributed by atoms with van der Waals surface area (Å²) in [6, 6.07) is 6.84. The Kier molecular flexibility index (Phi) is 5.95. The van der Waals surface area contributed by atoms with Gasteiger partial charge in [-0.2, -0.15) is 0 Å². The predicted octanol–water partition coefficient (Wildman–Crippen LogP) is 3.53. The van der Waals surface area contributed by atoms with E-state index in [4.69, 9.17) is 4.74 Å². The molecule has 0 bridgehead atoms. The van der Waals surface area contributed by atoms with E-state index in [0.29, 0.717) is 12.2 Å². The van der Waals surface area contributed by atoms with Crippen LogP contribution in [0.15, 0.2) is 35.7 Å². The third-order valence-corrected chi connectivity index (χ3v) is 4.21. The molecule has 1 heterocycles. The van der Waals surface area contributed by atoms with Crippen molar-refractivity contribution >= 4 is 23.1 Å². The molecule has 2 rings (SSSR count). The maximum atomic E-state index is 13.3. The minimum Gasteiger partial charge on any atom is -0.495 e. The van der Waals surface area contributed by atoms with Gasteiger partial charge in [-0.25, -0.2) is 9.18 Å². The topological polar surface area (TPSA) is 70.6 Å². The fourth-order valence-electron chi connectivity index (χ4n) is 2.15. The van der Waals surface area contributed by atoms with E-state index in [9.17, 15) is 14.3 Å². The van der Waals surface area contributed by atoms with E-state index < -0.39 is 18.0 Å². The number of anilines is 1. The van der Waals surface area contributed by atoms with Gasteiger partial charge in [-0.05, 0) is 36.9 Å². The van der Waals surface area contributed by atoms with Gasteiger partial charge < -0.3 is 20.5 Å². The second kappa shape index (κ2) is 7.94. The minimum atomic E-state index is -0.631. The first-order valence-electron chi connectivity index (χ1n) is 7.12. The Balaban J connectivity index is 1.90. The van der Waals surface area contributed by atoms with E-state index >= 15 is 0 Å². The molecule has 7 heteroatoms. The largest absolute Gasteiger partial charge is 0.495 e. The molecule has 2 atom stereocenters. The van der Waals surface area contributed by atoms with Gasteiger partial charge in [0.1, 0.15) is 11.6 Å². The molecule has 2 amide bonds. The van der Waals surface area contributed by atoms with Gasteiger partial charge >= 0.3 is 6.03 Å². The number of thiophene rings is 1. The van der Waals surface area contributed by atoms with Crippen molar-refractivity contribution in [3.63, 3.8) is 0 Å². The highest BCUT2D eigenvalue weighted by Gasteiger charge is 2.16. The second-order valence-electron chi connectivity index (χ2n) is 5.11. The Morgan fingerprint density at radius 3 is 2.87 bits per heavy atom. The van der Waals surface area contributed by atoms with Crippen molar-refractivity contribution < 1.29 is 19.0 Å². The number of methoxy groups -OCH3 is 1. The van der Waals surface area contributed by atoms with Gasteiger partial charge in [-0.3, -0.25) is 0 Å². The molecule has 2 aromatic rings. The molecule has 0 saturated heterocycles. The molecule has 0 radical (unpaired) electrons. The second-order valence-corrected chi connectivity index (χ2v) is 6.09. The summed E-state index contributed by atoms with van der Waals surface area (Å²) in [5.74, 6) is -0.102. The van der Waals surface area contributed by atoms with Crippen LogP contribution in [0.25, 0.3) is 0 Å². The number of hydrogen-bond acceptors (Lipinski definition) is 4. The third kappa shape index (κ3) is 4.94. The van der Waals surface area contributed by atoms with Crippen molar-refractivity contribution in [1.29, 1.82) is 0 Å². The lowest BCUT2D eigenvalue weighted by Crippen LogP contribution is -2.37. The van der Waals surface area contributed by atoms with E-state index in [1.165, 1.54) is 36.6 Å². The summed E-state index contributed by atoms with van der Waals surface area (Å²) < 4.78 is 18.3. The molecule has 0 aliphatic rings. The Morgan fingerprint density at radius 2 is 2.22 bits per heavy atom. The monoisotopic (exact) mass is 338 g/mol. The standard InChI is InChI=1S/C16H19FN2O3S/c1-10(8-13(20)15-4-3-7-23-15)18-16(21)19-12-9-11(17)5-6-14(12)22-2/h3-7,9-10,13,20H,8H2,1-2H3,(H2,18,19,21). The zero-order valence-corrected chi connectivity index (χ0v) is 13.7. The summed E-state index contributed by atoms with van der Waals surface area (Å²) in [5, 5.41) is 17.2. The van der Waals surface area contributed by atoms with Gasteiger partial charge in [0.05, 0.1) is 18.9 Å². The molecule has 5 nitrogen and oxygen atoms in total. The van der Waals surface area contributed by atoms with Crippen molar-refractivity contribution in [3.05, 3.63) is 46.4 Å². The van der Waals surface area contributed by atoms with E-state index in [1.807, 2.05) is 17.5 Å². The molecule has 1 aromatic heterocycles. The number of nitrogens with one attached hydrogen (secondary N) is 2. The van der Waals surface area contributed by atoms with Crippen LogP contribution in [0, 0.1) is 5.82 Å².